The van der Waals surface area contributed by atoms with Crippen molar-refractivity contribution in [3.05, 3.63) is 35.1 Å². The zero-order chi connectivity index (χ0) is 10.9. The first-order valence-electron chi connectivity index (χ1n) is 5.63. The smallest absolute Gasteiger partial charge is 0.126 e. The number of halogens is 1. The van der Waals surface area contributed by atoms with Gasteiger partial charge in [0.05, 0.1) is 5.60 Å². The number of rotatable bonds is 2. The maximum Gasteiger partial charge on any atom is 0.126 e. The van der Waals surface area contributed by atoms with Crippen molar-refractivity contribution < 1.29 is 9.50 Å². The van der Waals surface area contributed by atoms with E-state index in [-0.39, 0.29) is 5.82 Å². The molecule has 0 fully saturated rings. The van der Waals surface area contributed by atoms with Crippen molar-refractivity contribution in [2.45, 2.75) is 44.6 Å². The fraction of sp³-hybridized carbons (Fsp3) is 0.538. The molecule has 1 unspecified atom stereocenters. The minimum Gasteiger partial charge on any atom is -0.390 e. The van der Waals surface area contributed by atoms with Gasteiger partial charge in [-0.05, 0) is 36.5 Å². The highest BCUT2D eigenvalue weighted by Crippen LogP contribution is 2.32. The summed E-state index contributed by atoms with van der Waals surface area (Å²) in [6.07, 6.45) is 3.74. The zero-order valence-electron chi connectivity index (χ0n) is 9.09. The lowest BCUT2D eigenvalue weighted by molar-refractivity contribution is 0.0168. The summed E-state index contributed by atoms with van der Waals surface area (Å²) in [5.74, 6) is -0.119. The van der Waals surface area contributed by atoms with Crippen molar-refractivity contribution in [1.29, 1.82) is 0 Å². The molecule has 1 N–H and O–H groups in total. The summed E-state index contributed by atoms with van der Waals surface area (Å²) in [5.41, 5.74) is 1.19. The minimum absolute atomic E-state index is 0.119. The van der Waals surface area contributed by atoms with E-state index in [9.17, 15) is 9.50 Å². The molecule has 1 aliphatic carbocycles. The Hall–Kier alpha value is -0.890. The third-order valence-corrected chi connectivity index (χ3v) is 3.29. The number of hydrogen-bond donors (Lipinski definition) is 1. The Morgan fingerprint density at radius 1 is 1.47 bits per heavy atom. The van der Waals surface area contributed by atoms with Gasteiger partial charge in [-0.15, -0.1) is 0 Å². The SMILES string of the molecule is CCCC1(O)CCc2c(F)cccc2C1. The second kappa shape index (κ2) is 3.93. The Bertz CT molecular complexity index is 362. The molecule has 0 heterocycles. The van der Waals surface area contributed by atoms with Crippen LogP contribution in [-0.4, -0.2) is 10.7 Å². The topological polar surface area (TPSA) is 20.2 Å². The summed E-state index contributed by atoms with van der Waals surface area (Å²) in [7, 11) is 0. The molecule has 0 bridgehead atoms. The van der Waals surface area contributed by atoms with Gasteiger partial charge in [0, 0.05) is 6.42 Å². The van der Waals surface area contributed by atoms with Gasteiger partial charge in [-0.2, -0.15) is 0 Å². The van der Waals surface area contributed by atoms with Gasteiger partial charge in [-0.1, -0.05) is 25.5 Å². The Morgan fingerprint density at radius 2 is 2.27 bits per heavy atom. The molecule has 0 spiro atoms. The lowest BCUT2D eigenvalue weighted by Crippen LogP contribution is -2.35. The van der Waals surface area contributed by atoms with Crippen LogP contribution in [0.25, 0.3) is 0 Å². The molecule has 0 aliphatic heterocycles. The third-order valence-electron chi connectivity index (χ3n) is 3.29. The average Bonchev–Trinajstić information content (AvgIpc) is 2.17. The summed E-state index contributed by atoms with van der Waals surface area (Å²) < 4.78 is 13.4. The Labute approximate surface area is 89.9 Å². The molecule has 1 aromatic carbocycles. The zero-order valence-corrected chi connectivity index (χ0v) is 9.09. The number of benzene rings is 1. The maximum atomic E-state index is 13.4. The molecule has 0 saturated heterocycles. The van der Waals surface area contributed by atoms with Crippen LogP contribution in [0.5, 0.6) is 0 Å². The highest BCUT2D eigenvalue weighted by atomic mass is 19.1. The molecule has 1 aromatic rings. The van der Waals surface area contributed by atoms with Gasteiger partial charge in [-0.25, -0.2) is 4.39 Å². The highest BCUT2D eigenvalue weighted by molar-refractivity contribution is 5.32. The lowest BCUT2D eigenvalue weighted by Gasteiger charge is -2.33. The van der Waals surface area contributed by atoms with Crippen LogP contribution < -0.4 is 0 Å². The molecule has 1 nitrogen and oxygen atoms in total. The van der Waals surface area contributed by atoms with Crippen LogP contribution in [-0.2, 0) is 12.8 Å². The van der Waals surface area contributed by atoms with E-state index in [2.05, 4.69) is 6.92 Å². The van der Waals surface area contributed by atoms with E-state index in [0.29, 0.717) is 19.3 Å². The predicted octanol–water partition coefficient (Wildman–Crippen LogP) is 2.85. The van der Waals surface area contributed by atoms with Crippen LogP contribution in [0.4, 0.5) is 4.39 Å². The van der Waals surface area contributed by atoms with Crippen LogP contribution in [0.3, 0.4) is 0 Å². The molecular formula is C13H17FO. The molecule has 0 radical (unpaired) electrons. The van der Waals surface area contributed by atoms with Crippen molar-refractivity contribution in [2.24, 2.45) is 0 Å². The van der Waals surface area contributed by atoms with Gasteiger partial charge in [-0.3, -0.25) is 0 Å². The van der Waals surface area contributed by atoms with Crippen LogP contribution in [0, 0.1) is 5.82 Å². The van der Waals surface area contributed by atoms with Crippen LogP contribution >= 0.6 is 0 Å². The minimum atomic E-state index is -0.602. The quantitative estimate of drug-likeness (QED) is 0.792. The normalized spacial score (nSPS) is 25.0. The van der Waals surface area contributed by atoms with Gasteiger partial charge in [0.1, 0.15) is 5.82 Å². The van der Waals surface area contributed by atoms with Crippen LogP contribution in [0.15, 0.2) is 18.2 Å². The van der Waals surface area contributed by atoms with Crippen molar-refractivity contribution in [3.8, 4) is 0 Å². The molecule has 1 aliphatic rings. The summed E-state index contributed by atoms with van der Waals surface area (Å²) in [4.78, 5) is 0. The second-order valence-electron chi connectivity index (χ2n) is 4.53. The number of fused-ring (bicyclic) bond motifs is 1. The standard InChI is InChI=1S/C13H17FO/c1-2-7-13(15)8-6-11-10(9-13)4-3-5-12(11)14/h3-5,15H,2,6-9H2,1H3. The maximum absolute atomic E-state index is 13.4. The molecule has 15 heavy (non-hydrogen) atoms. The molecule has 2 heteroatoms. The number of hydrogen-bond acceptors (Lipinski definition) is 1. The van der Waals surface area contributed by atoms with Gasteiger partial charge < -0.3 is 5.11 Å². The average molecular weight is 208 g/mol. The Morgan fingerprint density at radius 3 is 3.00 bits per heavy atom. The van der Waals surface area contributed by atoms with Crippen molar-refractivity contribution in [1.82, 2.24) is 0 Å². The summed E-state index contributed by atoms with van der Waals surface area (Å²) in [6.45, 7) is 2.07. The fourth-order valence-corrected chi connectivity index (χ4v) is 2.53. The second-order valence-corrected chi connectivity index (χ2v) is 4.53. The van der Waals surface area contributed by atoms with Crippen LogP contribution in [0.2, 0.25) is 0 Å². The van der Waals surface area contributed by atoms with E-state index in [0.717, 1.165) is 24.0 Å². The monoisotopic (exact) mass is 208 g/mol. The first-order valence-corrected chi connectivity index (χ1v) is 5.63. The Kier molecular flexibility index (Phi) is 2.79. The van der Waals surface area contributed by atoms with Crippen LogP contribution in [0.1, 0.15) is 37.3 Å². The largest absolute Gasteiger partial charge is 0.390 e. The Balaban J connectivity index is 2.27. The molecule has 0 amide bonds. The third kappa shape index (κ3) is 2.05. The van der Waals surface area contributed by atoms with Gasteiger partial charge in [0.25, 0.3) is 0 Å². The van der Waals surface area contributed by atoms with Crippen molar-refractivity contribution in [3.63, 3.8) is 0 Å². The first-order chi connectivity index (χ1) is 7.14. The van der Waals surface area contributed by atoms with Gasteiger partial charge in [0.2, 0.25) is 0 Å². The van der Waals surface area contributed by atoms with Gasteiger partial charge >= 0.3 is 0 Å². The first kappa shape index (κ1) is 10.6. The highest BCUT2D eigenvalue weighted by Gasteiger charge is 2.31. The van der Waals surface area contributed by atoms with E-state index < -0.39 is 5.60 Å². The van der Waals surface area contributed by atoms with E-state index in [1.54, 1.807) is 6.07 Å². The molecule has 0 aromatic heterocycles. The van der Waals surface area contributed by atoms with Crippen molar-refractivity contribution >= 4 is 0 Å². The predicted molar refractivity (Wildman–Crippen MR) is 58.3 cm³/mol. The lowest BCUT2D eigenvalue weighted by atomic mass is 9.78. The summed E-state index contributed by atoms with van der Waals surface area (Å²) in [5, 5.41) is 10.3. The molecular weight excluding hydrogens is 191 g/mol. The molecule has 2 rings (SSSR count). The molecule has 82 valence electrons. The fourth-order valence-electron chi connectivity index (χ4n) is 2.53. The summed E-state index contributed by atoms with van der Waals surface area (Å²) in [6, 6.07) is 5.16. The number of aliphatic hydroxyl groups is 1. The van der Waals surface area contributed by atoms with Gasteiger partial charge in [0.15, 0.2) is 0 Å². The van der Waals surface area contributed by atoms with Crippen molar-refractivity contribution in [2.75, 3.05) is 0 Å². The van der Waals surface area contributed by atoms with E-state index >= 15 is 0 Å². The molecule has 0 saturated carbocycles. The summed E-state index contributed by atoms with van der Waals surface area (Å²) >= 11 is 0. The van der Waals surface area contributed by atoms with E-state index in [1.165, 1.54) is 6.07 Å². The van der Waals surface area contributed by atoms with E-state index in [4.69, 9.17) is 0 Å². The molecule has 1 atom stereocenters. The van der Waals surface area contributed by atoms with E-state index in [1.807, 2.05) is 6.07 Å².